The predicted molar refractivity (Wildman–Crippen MR) is 128 cm³/mol. The summed E-state index contributed by atoms with van der Waals surface area (Å²) in [5.41, 5.74) is 0.811. The number of hydrogen-bond donors (Lipinski definition) is 0. The monoisotopic (exact) mass is 501 g/mol. The molecule has 7 nitrogen and oxygen atoms in total. The van der Waals surface area contributed by atoms with Gasteiger partial charge in [0.05, 0.1) is 33.6 Å². The summed E-state index contributed by atoms with van der Waals surface area (Å²) in [6.07, 6.45) is 0.672. The van der Waals surface area contributed by atoms with Crippen LogP contribution in [0.2, 0.25) is 10.0 Å². The molecule has 0 aliphatic carbocycles. The van der Waals surface area contributed by atoms with E-state index < -0.39 is 11.9 Å². The maximum Gasteiger partial charge on any atom is 0.297 e. The number of carbonyl (C=O) groups is 1. The summed E-state index contributed by atoms with van der Waals surface area (Å²) in [5, 5.41) is 10.5. The summed E-state index contributed by atoms with van der Waals surface area (Å²) in [5.74, 6) is 0.0410. The first-order chi connectivity index (χ1) is 15.9. The maximum absolute atomic E-state index is 13.6. The first-order valence-electron chi connectivity index (χ1n) is 10.3. The van der Waals surface area contributed by atoms with Gasteiger partial charge in [-0.25, -0.2) is 0 Å². The van der Waals surface area contributed by atoms with Crippen molar-refractivity contribution in [1.29, 1.82) is 0 Å². The molecule has 33 heavy (non-hydrogen) atoms. The topological polar surface area (TPSA) is 85.5 Å². The molecule has 2 aromatic heterocycles. The van der Waals surface area contributed by atoms with Crippen molar-refractivity contribution in [3.63, 3.8) is 0 Å². The van der Waals surface area contributed by atoms with Gasteiger partial charge in [0.2, 0.25) is 10.9 Å². The van der Waals surface area contributed by atoms with E-state index in [2.05, 4.69) is 10.2 Å². The van der Waals surface area contributed by atoms with Crippen molar-refractivity contribution in [2.75, 3.05) is 11.5 Å². The summed E-state index contributed by atoms with van der Waals surface area (Å²) < 4.78 is 11.5. The molecule has 1 aliphatic heterocycles. The maximum atomic E-state index is 13.6. The Morgan fingerprint density at radius 1 is 1.09 bits per heavy atom. The molecule has 0 saturated heterocycles. The molecule has 0 radical (unpaired) electrons. The second-order valence-corrected chi connectivity index (χ2v) is 9.20. The lowest BCUT2D eigenvalue weighted by atomic mass is 9.98. The lowest BCUT2D eigenvalue weighted by Gasteiger charge is -2.22. The van der Waals surface area contributed by atoms with Crippen LogP contribution in [-0.2, 0) is 6.42 Å². The third kappa shape index (κ3) is 3.58. The van der Waals surface area contributed by atoms with Crippen LogP contribution in [0.3, 0.4) is 0 Å². The second kappa shape index (κ2) is 8.44. The summed E-state index contributed by atoms with van der Waals surface area (Å²) in [6, 6.07) is 9.19. The van der Waals surface area contributed by atoms with Gasteiger partial charge < -0.3 is 9.15 Å². The Kier molecular flexibility index (Phi) is 5.60. The van der Waals surface area contributed by atoms with Crippen LogP contribution in [0.1, 0.15) is 46.6 Å². The van der Waals surface area contributed by atoms with Gasteiger partial charge in [-0.2, -0.15) is 0 Å². The average molecular weight is 502 g/mol. The van der Waals surface area contributed by atoms with Gasteiger partial charge in [0.25, 0.3) is 5.91 Å². The molecule has 3 heterocycles. The van der Waals surface area contributed by atoms with Crippen LogP contribution in [-0.4, -0.2) is 22.7 Å². The summed E-state index contributed by atoms with van der Waals surface area (Å²) >= 11 is 13.7. The van der Waals surface area contributed by atoms with Crippen molar-refractivity contribution in [3.8, 4) is 5.75 Å². The number of halogens is 2. The van der Waals surface area contributed by atoms with Crippen molar-refractivity contribution in [1.82, 2.24) is 10.2 Å². The highest BCUT2D eigenvalue weighted by atomic mass is 35.5. The van der Waals surface area contributed by atoms with E-state index in [1.165, 1.54) is 16.2 Å². The number of amides is 1. The Labute approximate surface area is 202 Å². The first-order valence-corrected chi connectivity index (χ1v) is 11.8. The molecule has 0 bridgehead atoms. The Hall–Kier alpha value is -2.94. The first kappa shape index (κ1) is 21.9. The molecule has 0 N–H and O–H groups in total. The number of fused-ring (bicyclic) bond motifs is 2. The zero-order valence-corrected chi connectivity index (χ0v) is 19.9. The van der Waals surface area contributed by atoms with Gasteiger partial charge in [-0.3, -0.25) is 14.5 Å². The van der Waals surface area contributed by atoms with Crippen LogP contribution in [0.25, 0.3) is 11.0 Å². The van der Waals surface area contributed by atoms with Crippen molar-refractivity contribution in [2.45, 2.75) is 26.3 Å². The number of nitrogens with zero attached hydrogens (tertiary/aromatic N) is 3. The lowest BCUT2D eigenvalue weighted by molar-refractivity contribution is 0.0970. The van der Waals surface area contributed by atoms with Gasteiger partial charge in [-0.1, -0.05) is 47.5 Å². The summed E-state index contributed by atoms with van der Waals surface area (Å²) in [4.78, 5) is 28.7. The fourth-order valence-corrected chi connectivity index (χ4v) is 5.00. The third-order valence-corrected chi connectivity index (χ3v) is 7.18. The van der Waals surface area contributed by atoms with Crippen LogP contribution in [0, 0.1) is 0 Å². The largest absolute Gasteiger partial charge is 0.494 e. The highest BCUT2D eigenvalue weighted by molar-refractivity contribution is 7.15. The lowest BCUT2D eigenvalue weighted by Crippen LogP contribution is -2.29. The van der Waals surface area contributed by atoms with Gasteiger partial charge in [0.15, 0.2) is 5.43 Å². The third-order valence-electron chi connectivity index (χ3n) is 5.38. The molecule has 1 atom stereocenters. The highest BCUT2D eigenvalue weighted by Crippen LogP contribution is 2.43. The molecule has 1 amide bonds. The number of carbonyl (C=O) groups excluding carboxylic acids is 1. The fourth-order valence-electron chi connectivity index (χ4n) is 3.89. The molecule has 0 spiro atoms. The van der Waals surface area contributed by atoms with Gasteiger partial charge in [-0.15, -0.1) is 10.2 Å². The molecule has 5 rings (SSSR count). The minimum Gasteiger partial charge on any atom is -0.494 e. The smallest absolute Gasteiger partial charge is 0.297 e. The Morgan fingerprint density at radius 2 is 1.91 bits per heavy atom. The van der Waals surface area contributed by atoms with Crippen LogP contribution >= 0.6 is 34.5 Å². The molecule has 0 saturated carbocycles. The Morgan fingerprint density at radius 3 is 2.61 bits per heavy atom. The van der Waals surface area contributed by atoms with E-state index in [4.69, 9.17) is 32.4 Å². The van der Waals surface area contributed by atoms with Gasteiger partial charge in [0, 0.05) is 6.07 Å². The van der Waals surface area contributed by atoms with Crippen molar-refractivity contribution in [3.05, 3.63) is 78.6 Å². The van der Waals surface area contributed by atoms with Crippen molar-refractivity contribution in [2.24, 2.45) is 0 Å². The molecule has 1 unspecified atom stereocenters. The molecule has 2 aromatic carbocycles. The second-order valence-electron chi connectivity index (χ2n) is 7.35. The molecule has 168 valence electrons. The predicted octanol–water partition coefficient (Wildman–Crippen LogP) is 5.66. The van der Waals surface area contributed by atoms with E-state index in [0.29, 0.717) is 44.9 Å². The number of benzene rings is 2. The number of aryl methyl sites for hydroxylation is 1. The van der Waals surface area contributed by atoms with Crippen LogP contribution in [0.5, 0.6) is 5.75 Å². The number of aromatic nitrogens is 2. The van der Waals surface area contributed by atoms with Crippen LogP contribution < -0.4 is 15.1 Å². The normalized spacial score (nSPS) is 15.3. The summed E-state index contributed by atoms with van der Waals surface area (Å²) in [7, 11) is 0. The van der Waals surface area contributed by atoms with E-state index >= 15 is 0 Å². The number of ether oxygens (including phenoxy) is 1. The van der Waals surface area contributed by atoms with E-state index in [-0.39, 0.29) is 22.3 Å². The van der Waals surface area contributed by atoms with E-state index in [1.807, 2.05) is 13.8 Å². The van der Waals surface area contributed by atoms with E-state index in [0.717, 1.165) is 5.01 Å². The number of hydrogen-bond acceptors (Lipinski definition) is 7. The molecule has 4 aromatic rings. The van der Waals surface area contributed by atoms with Crippen molar-refractivity contribution < 1.29 is 13.9 Å². The minimum atomic E-state index is -0.785. The molecular formula is C23H17Cl2N3O4S. The average Bonchev–Trinajstić information content (AvgIpc) is 3.39. The quantitative estimate of drug-likeness (QED) is 0.350. The highest BCUT2D eigenvalue weighted by Gasteiger charge is 2.45. The Bertz CT molecular complexity index is 1470. The van der Waals surface area contributed by atoms with Crippen LogP contribution in [0.4, 0.5) is 5.13 Å². The van der Waals surface area contributed by atoms with E-state index in [9.17, 15) is 9.59 Å². The van der Waals surface area contributed by atoms with Gasteiger partial charge in [-0.05, 0) is 43.2 Å². The van der Waals surface area contributed by atoms with Gasteiger partial charge in [0.1, 0.15) is 16.3 Å². The van der Waals surface area contributed by atoms with Crippen LogP contribution in [0.15, 0.2) is 45.6 Å². The molecular weight excluding hydrogens is 485 g/mol. The Balaban J connectivity index is 1.77. The zero-order valence-electron chi connectivity index (χ0n) is 17.6. The number of rotatable bonds is 5. The standard InChI is InChI=1S/C23H17Cl2N3O4S/c1-3-17-26-27-23(33-17)28-19(11-5-8-14(24)15(25)9-11)18-20(29)13-7-6-12(31-4-2)10-16(13)32-21(18)22(28)30/h5-10,19H,3-4H2,1-2H3. The molecule has 10 heteroatoms. The SMILES string of the molecule is CCOc1ccc2c(=O)c3c(oc2c1)C(=O)N(c1nnc(CC)s1)C3c1ccc(Cl)c(Cl)c1. The zero-order chi connectivity index (χ0) is 23.3. The fraction of sp³-hybridized carbons (Fsp3) is 0.217. The minimum absolute atomic E-state index is 0.0366. The molecule has 0 fully saturated rings. The molecule has 1 aliphatic rings. The van der Waals surface area contributed by atoms with E-state index in [1.54, 1.807) is 36.4 Å². The summed E-state index contributed by atoms with van der Waals surface area (Å²) in [6.45, 7) is 4.28. The van der Waals surface area contributed by atoms with Crippen molar-refractivity contribution >= 4 is 56.5 Å². The number of anilines is 1. The van der Waals surface area contributed by atoms with Gasteiger partial charge >= 0.3 is 0 Å².